The summed E-state index contributed by atoms with van der Waals surface area (Å²) in [6.45, 7) is 8.00. The minimum absolute atomic E-state index is 0.254. The minimum Gasteiger partial charge on any atom is -0.497 e. The maximum Gasteiger partial charge on any atom is 0.118 e. The van der Waals surface area contributed by atoms with Gasteiger partial charge in [0.15, 0.2) is 0 Å². The summed E-state index contributed by atoms with van der Waals surface area (Å²) in [7, 11) is 1.69. The van der Waals surface area contributed by atoms with E-state index in [1.807, 2.05) is 19.1 Å². The van der Waals surface area contributed by atoms with E-state index in [0.717, 1.165) is 24.5 Å². The molecule has 2 aromatic rings. The van der Waals surface area contributed by atoms with Gasteiger partial charge in [-0.3, -0.25) is 4.68 Å². The van der Waals surface area contributed by atoms with Crippen LogP contribution in [-0.4, -0.2) is 23.4 Å². The summed E-state index contributed by atoms with van der Waals surface area (Å²) in [5.41, 5.74) is 3.51. The first-order valence-corrected chi connectivity index (χ1v) is 7.02. The maximum atomic E-state index is 5.21. The van der Waals surface area contributed by atoms with Crippen LogP contribution in [0.5, 0.6) is 5.75 Å². The van der Waals surface area contributed by atoms with Crippen molar-refractivity contribution in [2.45, 2.75) is 33.4 Å². The number of nitrogens with one attached hydrogen (secondary N) is 1. The van der Waals surface area contributed by atoms with E-state index in [2.05, 4.69) is 47.1 Å². The van der Waals surface area contributed by atoms with Gasteiger partial charge in [0.05, 0.1) is 25.4 Å². The van der Waals surface area contributed by atoms with Crippen molar-refractivity contribution < 1.29 is 4.74 Å². The molecule has 4 nitrogen and oxygen atoms in total. The largest absolute Gasteiger partial charge is 0.497 e. The monoisotopic (exact) mass is 273 g/mol. The Hall–Kier alpha value is -1.81. The summed E-state index contributed by atoms with van der Waals surface area (Å²) < 4.78 is 7.27. The average Bonchev–Trinajstić information content (AvgIpc) is 2.76. The van der Waals surface area contributed by atoms with Crippen LogP contribution in [0.15, 0.2) is 30.3 Å². The predicted octanol–water partition coefficient (Wildman–Crippen LogP) is 2.86. The molecule has 1 N–H and O–H groups in total. The van der Waals surface area contributed by atoms with Crippen LogP contribution in [0.2, 0.25) is 0 Å². The molecule has 0 spiro atoms. The molecule has 2 rings (SSSR count). The van der Waals surface area contributed by atoms with Crippen molar-refractivity contribution in [3.8, 4) is 5.75 Å². The van der Waals surface area contributed by atoms with Gasteiger partial charge in [0.25, 0.3) is 0 Å². The third-order valence-electron chi connectivity index (χ3n) is 3.43. The summed E-state index contributed by atoms with van der Waals surface area (Å²) in [6, 6.07) is 10.6. The zero-order valence-corrected chi connectivity index (χ0v) is 12.7. The van der Waals surface area contributed by atoms with E-state index in [1.165, 1.54) is 11.3 Å². The van der Waals surface area contributed by atoms with Crippen molar-refractivity contribution in [2.75, 3.05) is 13.7 Å². The van der Waals surface area contributed by atoms with Gasteiger partial charge in [-0.2, -0.15) is 5.10 Å². The number of nitrogens with zero attached hydrogens (tertiary/aromatic N) is 2. The fourth-order valence-corrected chi connectivity index (χ4v) is 2.40. The van der Waals surface area contributed by atoms with Gasteiger partial charge in [0.2, 0.25) is 0 Å². The van der Waals surface area contributed by atoms with Crippen LogP contribution in [0.4, 0.5) is 0 Å². The second-order valence-corrected chi connectivity index (χ2v) is 4.99. The second kappa shape index (κ2) is 6.57. The van der Waals surface area contributed by atoms with E-state index in [9.17, 15) is 0 Å². The number of aryl methyl sites for hydroxylation is 2. The molecule has 1 unspecified atom stereocenters. The topological polar surface area (TPSA) is 39.1 Å². The van der Waals surface area contributed by atoms with E-state index in [-0.39, 0.29) is 6.04 Å². The van der Waals surface area contributed by atoms with Crippen LogP contribution in [0.3, 0.4) is 0 Å². The third kappa shape index (κ3) is 3.39. The lowest BCUT2D eigenvalue weighted by Crippen LogP contribution is -2.26. The van der Waals surface area contributed by atoms with Crippen molar-refractivity contribution in [3.05, 3.63) is 47.3 Å². The average molecular weight is 273 g/mol. The van der Waals surface area contributed by atoms with Crippen molar-refractivity contribution in [1.82, 2.24) is 15.1 Å². The van der Waals surface area contributed by atoms with Gasteiger partial charge in [-0.05, 0) is 44.2 Å². The van der Waals surface area contributed by atoms with Crippen LogP contribution in [-0.2, 0) is 6.54 Å². The highest BCUT2D eigenvalue weighted by atomic mass is 16.5. The molecule has 0 aliphatic carbocycles. The van der Waals surface area contributed by atoms with Gasteiger partial charge in [0, 0.05) is 5.69 Å². The number of methoxy groups -OCH3 is 1. The van der Waals surface area contributed by atoms with Gasteiger partial charge in [0.1, 0.15) is 5.75 Å². The number of hydrogen-bond acceptors (Lipinski definition) is 3. The maximum absolute atomic E-state index is 5.21. The lowest BCUT2D eigenvalue weighted by Gasteiger charge is -2.19. The van der Waals surface area contributed by atoms with Crippen LogP contribution in [0, 0.1) is 13.8 Å². The molecule has 1 aromatic carbocycles. The number of rotatable bonds is 6. The molecule has 0 radical (unpaired) electrons. The summed E-state index contributed by atoms with van der Waals surface area (Å²) in [5, 5.41) is 8.06. The van der Waals surface area contributed by atoms with Crippen LogP contribution < -0.4 is 10.1 Å². The summed E-state index contributed by atoms with van der Waals surface area (Å²) in [6.07, 6.45) is 0. The quantitative estimate of drug-likeness (QED) is 0.879. The van der Waals surface area contributed by atoms with Crippen LogP contribution in [0.25, 0.3) is 0 Å². The van der Waals surface area contributed by atoms with E-state index >= 15 is 0 Å². The van der Waals surface area contributed by atoms with Crippen molar-refractivity contribution in [1.29, 1.82) is 0 Å². The van der Waals surface area contributed by atoms with E-state index in [0.29, 0.717) is 0 Å². The molecule has 0 aliphatic rings. The number of hydrogen-bond donors (Lipinski definition) is 1. The standard InChI is InChI=1S/C16H23N3O/c1-5-17-16(11-19-13(3)10-12(2)18-19)14-6-8-15(20-4)9-7-14/h6-10,16-17H,5,11H2,1-4H3. The molecule has 0 saturated heterocycles. The summed E-state index contributed by atoms with van der Waals surface area (Å²) in [5.74, 6) is 0.884. The lowest BCUT2D eigenvalue weighted by atomic mass is 10.1. The van der Waals surface area contributed by atoms with Crippen LogP contribution in [0.1, 0.15) is 29.9 Å². The molecule has 0 bridgehead atoms. The van der Waals surface area contributed by atoms with Gasteiger partial charge in [-0.15, -0.1) is 0 Å². The van der Waals surface area contributed by atoms with E-state index in [1.54, 1.807) is 7.11 Å². The molecule has 1 atom stereocenters. The number of likely N-dealkylation sites (N-methyl/N-ethyl adjacent to an activating group) is 1. The highest BCUT2D eigenvalue weighted by molar-refractivity contribution is 5.29. The number of aromatic nitrogens is 2. The first-order chi connectivity index (χ1) is 9.63. The van der Waals surface area contributed by atoms with Gasteiger partial charge < -0.3 is 10.1 Å². The Balaban J connectivity index is 2.19. The number of ether oxygens (including phenoxy) is 1. The smallest absolute Gasteiger partial charge is 0.118 e. The Morgan fingerprint density at radius 3 is 2.45 bits per heavy atom. The second-order valence-electron chi connectivity index (χ2n) is 4.99. The molecule has 20 heavy (non-hydrogen) atoms. The van der Waals surface area contributed by atoms with E-state index in [4.69, 9.17) is 4.74 Å². The summed E-state index contributed by atoms with van der Waals surface area (Å²) in [4.78, 5) is 0. The van der Waals surface area contributed by atoms with Crippen molar-refractivity contribution in [2.24, 2.45) is 0 Å². The molecule has 1 aromatic heterocycles. The zero-order valence-electron chi connectivity index (χ0n) is 12.7. The predicted molar refractivity (Wildman–Crippen MR) is 81.1 cm³/mol. The zero-order chi connectivity index (χ0) is 14.5. The minimum atomic E-state index is 0.254. The Bertz CT molecular complexity index is 545. The summed E-state index contributed by atoms with van der Waals surface area (Å²) >= 11 is 0. The number of benzene rings is 1. The molecular formula is C16H23N3O. The Kier molecular flexibility index (Phi) is 4.79. The van der Waals surface area contributed by atoms with Crippen LogP contribution >= 0.6 is 0 Å². The molecule has 0 aliphatic heterocycles. The van der Waals surface area contributed by atoms with Gasteiger partial charge >= 0.3 is 0 Å². The molecule has 0 fully saturated rings. The fraction of sp³-hybridized carbons (Fsp3) is 0.438. The van der Waals surface area contributed by atoms with Gasteiger partial charge in [-0.1, -0.05) is 19.1 Å². The molecule has 0 amide bonds. The Morgan fingerprint density at radius 2 is 1.95 bits per heavy atom. The van der Waals surface area contributed by atoms with E-state index < -0.39 is 0 Å². The van der Waals surface area contributed by atoms with Crippen molar-refractivity contribution in [3.63, 3.8) is 0 Å². The fourth-order valence-electron chi connectivity index (χ4n) is 2.40. The lowest BCUT2D eigenvalue weighted by molar-refractivity contribution is 0.412. The first kappa shape index (κ1) is 14.6. The van der Waals surface area contributed by atoms with Crippen molar-refractivity contribution >= 4 is 0 Å². The molecule has 108 valence electrons. The molecule has 4 heteroatoms. The SMILES string of the molecule is CCNC(Cn1nc(C)cc1C)c1ccc(OC)cc1. The molecule has 1 heterocycles. The highest BCUT2D eigenvalue weighted by Crippen LogP contribution is 2.19. The third-order valence-corrected chi connectivity index (χ3v) is 3.43. The Labute approximate surface area is 120 Å². The van der Waals surface area contributed by atoms with Gasteiger partial charge in [-0.25, -0.2) is 0 Å². The first-order valence-electron chi connectivity index (χ1n) is 7.02. The molecular weight excluding hydrogens is 250 g/mol. The normalized spacial score (nSPS) is 12.4. The highest BCUT2D eigenvalue weighted by Gasteiger charge is 2.13. The molecule has 0 saturated carbocycles. The Morgan fingerprint density at radius 1 is 1.25 bits per heavy atom.